The molecule has 0 aliphatic heterocycles. The molecule has 0 amide bonds. The Kier molecular flexibility index (Phi) is 3.02. The van der Waals surface area contributed by atoms with Gasteiger partial charge in [-0.25, -0.2) is 0 Å². The fraction of sp³-hybridized carbons (Fsp3) is 1.00. The second-order valence-corrected chi connectivity index (χ2v) is 3.60. The highest BCUT2D eigenvalue weighted by Crippen LogP contribution is 2.18. The number of hydrogen-bond donors (Lipinski definition) is 2. The molecule has 0 aromatic rings. The van der Waals surface area contributed by atoms with Crippen LogP contribution in [-0.4, -0.2) is 28.6 Å². The van der Waals surface area contributed by atoms with Gasteiger partial charge in [0.15, 0.2) is 0 Å². The van der Waals surface area contributed by atoms with Gasteiger partial charge >= 0.3 is 0 Å². The highest BCUT2D eigenvalue weighted by molar-refractivity contribution is 4.83. The molecule has 11 heavy (non-hydrogen) atoms. The van der Waals surface area contributed by atoms with E-state index in [-0.39, 0.29) is 0 Å². The van der Waals surface area contributed by atoms with Crippen molar-refractivity contribution in [3.05, 3.63) is 5.21 Å². The zero-order valence-corrected chi connectivity index (χ0v) is 7.80. The van der Waals surface area contributed by atoms with Crippen LogP contribution >= 0.6 is 0 Å². The fourth-order valence-electron chi connectivity index (χ4n) is 0.786. The molecule has 0 aliphatic carbocycles. The van der Waals surface area contributed by atoms with Crippen LogP contribution in [-0.2, 0) is 0 Å². The van der Waals surface area contributed by atoms with Crippen molar-refractivity contribution in [1.29, 1.82) is 0 Å². The summed E-state index contributed by atoms with van der Waals surface area (Å²) in [5, 5.41) is 24.1. The molecule has 0 bridgehead atoms. The fourth-order valence-corrected chi connectivity index (χ4v) is 0.786. The van der Waals surface area contributed by atoms with Crippen LogP contribution in [0.4, 0.5) is 0 Å². The Hall–Kier alpha value is -0.160. The number of rotatable bonds is 3. The van der Waals surface area contributed by atoms with E-state index in [1.54, 1.807) is 20.9 Å². The van der Waals surface area contributed by atoms with Crippen molar-refractivity contribution in [2.45, 2.75) is 39.1 Å². The van der Waals surface area contributed by atoms with E-state index in [9.17, 15) is 10.3 Å². The molecular formula is C7H17N2O2-. The minimum Gasteiger partial charge on any atom is -0.782 e. The molecule has 0 spiro atoms. The Morgan fingerprint density at radius 3 is 1.73 bits per heavy atom. The Morgan fingerprint density at radius 2 is 1.64 bits per heavy atom. The van der Waals surface area contributed by atoms with Crippen LogP contribution in [0.5, 0.6) is 0 Å². The maximum absolute atomic E-state index is 11.3. The standard InChI is InChI=1S/C7H17N2O2/c1-6(2,8-5)9(11)7(3,4)10/h8,10H,1-5H3/q-1. The molecule has 0 saturated carbocycles. The van der Waals surface area contributed by atoms with Crippen molar-refractivity contribution in [3.8, 4) is 0 Å². The van der Waals surface area contributed by atoms with E-state index in [0.717, 1.165) is 0 Å². The van der Waals surface area contributed by atoms with Crippen LogP contribution in [0.25, 0.3) is 0 Å². The minimum atomic E-state index is -1.34. The number of aliphatic hydroxyl groups is 1. The first-order chi connectivity index (χ1) is 4.72. The molecular weight excluding hydrogens is 144 g/mol. The lowest BCUT2D eigenvalue weighted by molar-refractivity contribution is -0.102. The van der Waals surface area contributed by atoms with Crippen molar-refractivity contribution < 1.29 is 5.11 Å². The first-order valence-electron chi connectivity index (χ1n) is 3.60. The third kappa shape index (κ3) is 2.75. The minimum absolute atomic E-state index is 0.625. The lowest BCUT2D eigenvalue weighted by atomic mass is 10.2. The van der Waals surface area contributed by atoms with Crippen LogP contribution in [0.3, 0.4) is 0 Å². The van der Waals surface area contributed by atoms with E-state index in [1.807, 2.05) is 0 Å². The smallest absolute Gasteiger partial charge is 0.102 e. The van der Waals surface area contributed by atoms with Gasteiger partial charge in [-0.05, 0) is 34.7 Å². The Bertz CT molecular complexity index is 129. The maximum atomic E-state index is 11.3. The van der Waals surface area contributed by atoms with Gasteiger partial charge < -0.3 is 20.7 Å². The lowest BCUT2D eigenvalue weighted by Crippen LogP contribution is -2.58. The maximum Gasteiger partial charge on any atom is 0.102 e. The predicted octanol–water partition coefficient (Wildman–Crippen LogP) is 0.470. The molecule has 0 aromatic heterocycles. The van der Waals surface area contributed by atoms with E-state index in [1.165, 1.54) is 13.8 Å². The zero-order chi connectivity index (χ0) is 9.28. The summed E-state index contributed by atoms with van der Waals surface area (Å²) in [6.45, 7) is 6.33. The molecule has 0 aromatic carbocycles. The van der Waals surface area contributed by atoms with Crippen LogP contribution in [0, 0.1) is 5.21 Å². The van der Waals surface area contributed by atoms with Crippen molar-refractivity contribution >= 4 is 0 Å². The summed E-state index contributed by atoms with van der Waals surface area (Å²) in [5.41, 5.74) is -2.08. The molecule has 0 fully saturated rings. The number of nitrogens with zero attached hydrogens (tertiary/aromatic N) is 1. The number of hydroxylamine groups is 2. The molecule has 4 nitrogen and oxygen atoms in total. The predicted molar refractivity (Wildman–Crippen MR) is 44.6 cm³/mol. The van der Waals surface area contributed by atoms with Gasteiger partial charge in [0.1, 0.15) is 5.72 Å². The molecule has 2 N–H and O–H groups in total. The molecule has 0 atom stereocenters. The van der Waals surface area contributed by atoms with Crippen LogP contribution in [0.2, 0.25) is 0 Å². The summed E-state index contributed by atoms with van der Waals surface area (Å²) < 4.78 is 0. The topological polar surface area (TPSA) is 58.6 Å². The van der Waals surface area contributed by atoms with E-state index in [0.29, 0.717) is 5.06 Å². The number of hydrogen-bond acceptors (Lipinski definition) is 4. The van der Waals surface area contributed by atoms with E-state index in [2.05, 4.69) is 5.32 Å². The van der Waals surface area contributed by atoms with Gasteiger partial charge in [0.25, 0.3) is 0 Å². The summed E-state index contributed by atoms with van der Waals surface area (Å²) in [6.07, 6.45) is 0. The highest BCUT2D eigenvalue weighted by atomic mass is 16.5. The van der Waals surface area contributed by atoms with Gasteiger partial charge in [-0.3, -0.25) is 0 Å². The van der Waals surface area contributed by atoms with Crippen molar-refractivity contribution in [2.75, 3.05) is 7.05 Å². The van der Waals surface area contributed by atoms with Gasteiger partial charge in [-0.1, -0.05) is 0 Å². The van der Waals surface area contributed by atoms with Crippen molar-refractivity contribution in [2.24, 2.45) is 0 Å². The average molecular weight is 161 g/mol. The van der Waals surface area contributed by atoms with E-state index >= 15 is 0 Å². The second kappa shape index (κ2) is 3.06. The second-order valence-electron chi connectivity index (χ2n) is 3.60. The largest absolute Gasteiger partial charge is 0.782 e. The SMILES string of the molecule is CNC(C)(C)N([O-])C(C)(C)O. The first kappa shape index (κ1) is 10.8. The Labute approximate surface area is 67.8 Å². The van der Waals surface area contributed by atoms with Gasteiger partial charge in [0.2, 0.25) is 0 Å². The third-order valence-electron chi connectivity index (χ3n) is 1.62. The molecule has 4 heteroatoms. The van der Waals surface area contributed by atoms with Gasteiger partial charge in [0, 0.05) is 0 Å². The van der Waals surface area contributed by atoms with Gasteiger partial charge in [-0.15, -0.1) is 0 Å². The Balaban J connectivity index is 4.35. The highest BCUT2D eigenvalue weighted by Gasteiger charge is 2.26. The van der Waals surface area contributed by atoms with Crippen molar-refractivity contribution in [1.82, 2.24) is 10.4 Å². The van der Waals surface area contributed by atoms with Crippen LogP contribution in [0.1, 0.15) is 27.7 Å². The van der Waals surface area contributed by atoms with Gasteiger partial charge in [-0.2, -0.15) is 0 Å². The Morgan fingerprint density at radius 1 is 1.27 bits per heavy atom. The number of nitrogens with one attached hydrogen (secondary N) is 1. The summed E-state index contributed by atoms with van der Waals surface area (Å²) in [6, 6.07) is 0. The van der Waals surface area contributed by atoms with Gasteiger partial charge in [0.05, 0.1) is 5.66 Å². The molecule has 0 aliphatic rings. The molecule has 0 rings (SSSR count). The molecule has 0 unspecified atom stereocenters. The average Bonchev–Trinajstić information content (AvgIpc) is 1.84. The quantitative estimate of drug-likeness (QED) is 0.466. The monoisotopic (exact) mass is 161 g/mol. The summed E-state index contributed by atoms with van der Waals surface area (Å²) in [4.78, 5) is 0. The van der Waals surface area contributed by atoms with E-state index in [4.69, 9.17) is 0 Å². The van der Waals surface area contributed by atoms with Crippen LogP contribution < -0.4 is 5.32 Å². The molecule has 0 saturated heterocycles. The van der Waals surface area contributed by atoms with E-state index < -0.39 is 11.4 Å². The lowest BCUT2D eigenvalue weighted by Gasteiger charge is -2.50. The summed E-state index contributed by atoms with van der Waals surface area (Å²) >= 11 is 0. The molecule has 0 heterocycles. The molecule has 68 valence electrons. The normalized spacial score (nSPS) is 14.2. The third-order valence-corrected chi connectivity index (χ3v) is 1.62. The zero-order valence-electron chi connectivity index (χ0n) is 7.80. The van der Waals surface area contributed by atoms with Crippen molar-refractivity contribution in [3.63, 3.8) is 0 Å². The summed E-state index contributed by atoms with van der Waals surface area (Å²) in [5.74, 6) is 0. The first-order valence-corrected chi connectivity index (χ1v) is 3.60. The molecule has 0 radical (unpaired) electrons. The summed E-state index contributed by atoms with van der Waals surface area (Å²) in [7, 11) is 1.68. The van der Waals surface area contributed by atoms with Crippen LogP contribution in [0.15, 0.2) is 0 Å².